The number of ketones is 2. The molecule has 0 bridgehead atoms. The van der Waals surface area contributed by atoms with E-state index in [1.807, 2.05) is 12.1 Å². The zero-order valence-electron chi connectivity index (χ0n) is 26.1. The SMILES string of the molecule is CC1(C)c2ccccc2N(c2ccccc2)c2ccc(-c3ccc(-c4ccc(C=C5C(=O)c6ccccc6C5=O)c5nsnc45)s3)cc21. The molecule has 0 atom stereocenters. The molecule has 9 rings (SSSR count). The summed E-state index contributed by atoms with van der Waals surface area (Å²) in [5.41, 5.74) is 11.3. The van der Waals surface area contributed by atoms with Gasteiger partial charge in [0.05, 0.1) is 28.7 Å². The lowest BCUT2D eigenvalue weighted by atomic mass is 9.73. The molecule has 5 nitrogen and oxygen atoms in total. The molecule has 230 valence electrons. The lowest BCUT2D eigenvalue weighted by Gasteiger charge is -2.42. The Morgan fingerprint density at radius 2 is 1.29 bits per heavy atom. The van der Waals surface area contributed by atoms with Gasteiger partial charge < -0.3 is 4.90 Å². The Balaban J connectivity index is 1.10. The second-order valence-electron chi connectivity index (χ2n) is 12.6. The number of fused-ring (bicyclic) bond motifs is 4. The van der Waals surface area contributed by atoms with E-state index >= 15 is 0 Å². The van der Waals surface area contributed by atoms with Crippen molar-refractivity contribution in [3.05, 3.63) is 155 Å². The van der Waals surface area contributed by atoms with Crippen molar-refractivity contribution in [3.63, 3.8) is 0 Å². The first-order valence-electron chi connectivity index (χ1n) is 15.8. The fourth-order valence-corrected chi connectivity index (χ4v) is 8.72. The fourth-order valence-electron chi connectivity index (χ4n) is 7.11. The summed E-state index contributed by atoms with van der Waals surface area (Å²) in [6.45, 7) is 4.62. The predicted molar refractivity (Wildman–Crippen MR) is 196 cm³/mol. The Kier molecular flexibility index (Phi) is 6.44. The summed E-state index contributed by atoms with van der Waals surface area (Å²) in [5.74, 6) is -0.495. The molecule has 2 aliphatic rings. The van der Waals surface area contributed by atoms with Crippen LogP contribution in [0.2, 0.25) is 0 Å². The van der Waals surface area contributed by atoms with Crippen molar-refractivity contribution in [3.8, 4) is 20.9 Å². The van der Waals surface area contributed by atoms with Gasteiger partial charge in [0.2, 0.25) is 0 Å². The molecule has 7 aromatic rings. The van der Waals surface area contributed by atoms with Crippen molar-refractivity contribution in [1.29, 1.82) is 0 Å². The molecule has 0 fully saturated rings. The molecule has 0 saturated carbocycles. The Bertz CT molecular complexity index is 2450. The van der Waals surface area contributed by atoms with Crippen LogP contribution < -0.4 is 4.90 Å². The highest BCUT2D eigenvalue weighted by Crippen LogP contribution is 2.53. The topological polar surface area (TPSA) is 63.2 Å². The quantitative estimate of drug-likeness (QED) is 0.139. The van der Waals surface area contributed by atoms with Crippen LogP contribution in [0.25, 0.3) is 38.0 Å². The fraction of sp³-hybridized carbons (Fsp3) is 0.0732. The van der Waals surface area contributed by atoms with E-state index < -0.39 is 0 Å². The van der Waals surface area contributed by atoms with Crippen molar-refractivity contribution in [2.45, 2.75) is 19.3 Å². The smallest absolute Gasteiger partial charge is 0.197 e. The van der Waals surface area contributed by atoms with Gasteiger partial charge in [0.15, 0.2) is 11.6 Å². The lowest BCUT2D eigenvalue weighted by molar-refractivity contribution is 0.0990. The number of allylic oxidation sites excluding steroid dienone is 1. The van der Waals surface area contributed by atoms with Gasteiger partial charge in [-0.25, -0.2) is 0 Å². The molecular formula is C41H27N3O2S2. The molecule has 48 heavy (non-hydrogen) atoms. The number of hydrogen-bond donors (Lipinski definition) is 0. The Morgan fingerprint density at radius 3 is 2.08 bits per heavy atom. The van der Waals surface area contributed by atoms with Crippen molar-refractivity contribution >= 4 is 68.8 Å². The van der Waals surface area contributed by atoms with Gasteiger partial charge in [0.25, 0.3) is 0 Å². The minimum atomic E-state index is -0.248. The number of thiophene rings is 1. The minimum Gasteiger partial charge on any atom is -0.310 e. The second kappa shape index (κ2) is 10.8. The molecular weight excluding hydrogens is 631 g/mol. The first-order chi connectivity index (χ1) is 23.4. The minimum absolute atomic E-state index is 0.167. The van der Waals surface area contributed by atoms with Gasteiger partial charge in [0.1, 0.15) is 11.0 Å². The van der Waals surface area contributed by atoms with Gasteiger partial charge in [-0.2, -0.15) is 8.75 Å². The Morgan fingerprint density at radius 1 is 0.625 bits per heavy atom. The standard InChI is InChI=1S/C41H27N3O2S2/c1-41(2)31-14-8-9-15-33(31)44(26-10-4-3-5-11-26)34-19-17-24(23-32(34)41)35-20-21-36(47-35)29-18-16-25(37-38(29)43-48-42-37)22-30-39(45)27-12-6-7-13-28(27)40(30)46/h3-23H,1-2H3. The lowest BCUT2D eigenvalue weighted by Crippen LogP contribution is -2.30. The maximum Gasteiger partial charge on any atom is 0.197 e. The van der Waals surface area contributed by atoms with E-state index in [1.54, 1.807) is 41.7 Å². The molecule has 1 aliphatic heterocycles. The third kappa shape index (κ3) is 4.28. The van der Waals surface area contributed by atoms with E-state index in [1.165, 1.54) is 22.5 Å². The molecule has 1 aliphatic carbocycles. The van der Waals surface area contributed by atoms with Gasteiger partial charge in [0, 0.05) is 43.1 Å². The molecule has 0 radical (unpaired) electrons. The highest BCUT2D eigenvalue weighted by Gasteiger charge is 2.37. The summed E-state index contributed by atoms with van der Waals surface area (Å²) < 4.78 is 9.25. The number of aromatic nitrogens is 2. The van der Waals surface area contributed by atoms with E-state index in [0.29, 0.717) is 22.2 Å². The molecule has 0 spiro atoms. The molecule has 7 heteroatoms. The Hall–Kier alpha value is -5.50. The molecule has 0 N–H and O–H groups in total. The number of hydrogen-bond acceptors (Lipinski definition) is 7. The normalized spacial score (nSPS) is 14.6. The van der Waals surface area contributed by atoms with Crippen LogP contribution >= 0.6 is 23.1 Å². The van der Waals surface area contributed by atoms with Gasteiger partial charge in [-0.05, 0) is 65.2 Å². The number of rotatable bonds is 4. The van der Waals surface area contributed by atoms with Crippen LogP contribution in [0.5, 0.6) is 0 Å². The third-order valence-corrected chi connectivity index (χ3v) is 11.2. The van der Waals surface area contributed by atoms with E-state index in [-0.39, 0.29) is 22.6 Å². The molecule has 2 aromatic heterocycles. The number of carbonyl (C=O) groups is 2. The second-order valence-corrected chi connectivity index (χ2v) is 14.2. The van der Waals surface area contributed by atoms with Gasteiger partial charge >= 0.3 is 0 Å². The monoisotopic (exact) mass is 657 g/mol. The maximum atomic E-state index is 13.1. The Labute approximate surface area is 285 Å². The van der Waals surface area contributed by atoms with Crippen molar-refractivity contribution < 1.29 is 9.59 Å². The number of anilines is 3. The number of nitrogens with zero attached hydrogens (tertiary/aromatic N) is 3. The van der Waals surface area contributed by atoms with Gasteiger partial charge in [-0.1, -0.05) is 92.7 Å². The summed E-state index contributed by atoms with van der Waals surface area (Å²) in [7, 11) is 0. The van der Waals surface area contributed by atoms with Crippen LogP contribution in [0.15, 0.2) is 127 Å². The van der Waals surface area contributed by atoms with E-state index in [2.05, 4.69) is 112 Å². The van der Waals surface area contributed by atoms with E-state index in [4.69, 9.17) is 0 Å². The summed E-state index contributed by atoms with van der Waals surface area (Å²) >= 11 is 2.86. The molecule has 3 heterocycles. The first-order valence-corrected chi connectivity index (χ1v) is 17.3. The van der Waals surface area contributed by atoms with Crippen LogP contribution in [-0.2, 0) is 5.41 Å². The van der Waals surface area contributed by atoms with Crippen LogP contribution in [0.1, 0.15) is 51.3 Å². The van der Waals surface area contributed by atoms with Crippen LogP contribution in [0.4, 0.5) is 17.1 Å². The van der Waals surface area contributed by atoms with Crippen LogP contribution in [0.3, 0.4) is 0 Å². The highest BCUT2D eigenvalue weighted by atomic mass is 32.1. The maximum absolute atomic E-state index is 13.1. The van der Waals surface area contributed by atoms with Crippen molar-refractivity contribution in [2.75, 3.05) is 4.90 Å². The number of Topliss-reactive ketones (excluding diaryl/α,β-unsaturated/α-hetero) is 2. The zero-order chi connectivity index (χ0) is 32.6. The van der Waals surface area contributed by atoms with Crippen molar-refractivity contribution in [2.24, 2.45) is 0 Å². The molecule has 0 unspecified atom stereocenters. The summed E-state index contributed by atoms with van der Waals surface area (Å²) in [5, 5.41) is 0. The average Bonchev–Trinajstić information content (AvgIpc) is 3.86. The van der Waals surface area contributed by atoms with Gasteiger partial charge in [-0.15, -0.1) is 11.3 Å². The number of benzene rings is 5. The molecule has 0 saturated heterocycles. The average molecular weight is 658 g/mol. The largest absolute Gasteiger partial charge is 0.310 e. The highest BCUT2D eigenvalue weighted by molar-refractivity contribution is 7.19. The summed E-state index contributed by atoms with van der Waals surface area (Å²) in [6, 6.07) is 41.3. The van der Waals surface area contributed by atoms with E-state index in [9.17, 15) is 9.59 Å². The zero-order valence-corrected chi connectivity index (χ0v) is 27.7. The van der Waals surface area contributed by atoms with Gasteiger partial charge in [-0.3, -0.25) is 9.59 Å². The summed E-state index contributed by atoms with van der Waals surface area (Å²) in [6.07, 6.45) is 1.67. The van der Waals surface area contributed by atoms with Crippen LogP contribution in [0, 0.1) is 0 Å². The molecule has 5 aromatic carbocycles. The first kappa shape index (κ1) is 28.7. The third-order valence-electron chi connectivity index (χ3n) is 9.55. The predicted octanol–water partition coefficient (Wildman–Crippen LogP) is 10.7. The number of carbonyl (C=O) groups excluding carboxylic acids is 2. The van der Waals surface area contributed by atoms with Crippen molar-refractivity contribution in [1.82, 2.24) is 8.75 Å². The van der Waals surface area contributed by atoms with E-state index in [0.717, 1.165) is 43.8 Å². The number of para-hydroxylation sites is 2. The summed E-state index contributed by atoms with van der Waals surface area (Å²) in [4.78, 5) is 30.7. The van der Waals surface area contributed by atoms with Crippen LogP contribution in [-0.4, -0.2) is 20.3 Å². The molecule has 0 amide bonds.